The molecule has 4 aromatic rings. The van der Waals surface area contributed by atoms with Crippen LogP contribution in [0.2, 0.25) is 0 Å². The van der Waals surface area contributed by atoms with E-state index in [0.29, 0.717) is 10.9 Å². The van der Waals surface area contributed by atoms with E-state index in [1.807, 2.05) is 36.5 Å². The number of rotatable bonds is 4. The van der Waals surface area contributed by atoms with Gasteiger partial charge in [0.05, 0.1) is 18.2 Å². The second kappa shape index (κ2) is 6.13. The minimum absolute atomic E-state index is 0.272. The number of carbonyl (C=O) groups excluding carboxylic acids is 1. The Morgan fingerprint density at radius 1 is 1.21 bits per heavy atom. The average Bonchev–Trinajstić information content (AvgIpc) is 3.30. The van der Waals surface area contributed by atoms with Crippen molar-refractivity contribution >= 4 is 33.4 Å². The number of carbonyl (C=O) groups is 1. The monoisotopic (exact) mass is 336 g/mol. The minimum Gasteiger partial charge on any atom is -0.465 e. The average molecular weight is 336 g/mol. The summed E-state index contributed by atoms with van der Waals surface area (Å²) in [5.74, 6) is 0.346. The molecule has 6 nitrogen and oxygen atoms in total. The molecule has 4 rings (SSSR count). The SMILES string of the molecule is O=C(/C=C/c1ccco1)Nc1nn2cc(-c3ccccc3)nc2s1. The molecule has 0 fully saturated rings. The number of fused-ring (bicyclic) bond motifs is 1. The van der Waals surface area contributed by atoms with Crippen molar-refractivity contribution in [2.24, 2.45) is 0 Å². The zero-order chi connectivity index (χ0) is 16.4. The van der Waals surface area contributed by atoms with Gasteiger partial charge in [0, 0.05) is 11.6 Å². The van der Waals surface area contributed by atoms with E-state index in [4.69, 9.17) is 4.42 Å². The maximum Gasteiger partial charge on any atom is 0.250 e. The van der Waals surface area contributed by atoms with E-state index in [1.165, 1.54) is 17.4 Å². The topological polar surface area (TPSA) is 72.4 Å². The highest BCUT2D eigenvalue weighted by molar-refractivity contribution is 7.20. The van der Waals surface area contributed by atoms with Crippen molar-refractivity contribution in [3.05, 3.63) is 66.8 Å². The highest BCUT2D eigenvalue weighted by Crippen LogP contribution is 2.24. The van der Waals surface area contributed by atoms with Crippen LogP contribution in [0.25, 0.3) is 22.3 Å². The molecule has 0 radical (unpaired) electrons. The van der Waals surface area contributed by atoms with Crippen LogP contribution in [0.15, 0.2) is 65.4 Å². The van der Waals surface area contributed by atoms with Crippen LogP contribution in [0, 0.1) is 0 Å². The molecule has 3 heterocycles. The molecule has 0 unspecified atom stereocenters. The maximum atomic E-state index is 11.9. The summed E-state index contributed by atoms with van der Waals surface area (Å²) in [6.45, 7) is 0. The summed E-state index contributed by atoms with van der Waals surface area (Å²) in [6.07, 6.45) is 6.40. The smallest absolute Gasteiger partial charge is 0.250 e. The highest BCUT2D eigenvalue weighted by Gasteiger charge is 2.10. The standard InChI is InChI=1S/C17H12N4O2S/c22-15(9-8-13-7-4-10-23-13)19-16-20-21-11-14(18-17(21)24-16)12-5-2-1-3-6-12/h1-11H,(H,19,20,22)/b9-8+. The number of nitrogens with one attached hydrogen (secondary N) is 1. The van der Waals surface area contributed by atoms with Crippen LogP contribution in [0.5, 0.6) is 0 Å². The van der Waals surface area contributed by atoms with Gasteiger partial charge in [-0.05, 0) is 18.2 Å². The molecule has 0 saturated carbocycles. The van der Waals surface area contributed by atoms with E-state index in [9.17, 15) is 4.79 Å². The van der Waals surface area contributed by atoms with Gasteiger partial charge in [0.2, 0.25) is 16.0 Å². The lowest BCUT2D eigenvalue weighted by Gasteiger charge is -1.95. The normalized spacial score (nSPS) is 11.3. The van der Waals surface area contributed by atoms with Crippen LogP contribution in [-0.4, -0.2) is 20.5 Å². The first-order valence-electron chi connectivity index (χ1n) is 7.22. The third kappa shape index (κ3) is 2.97. The van der Waals surface area contributed by atoms with Crippen LogP contribution >= 0.6 is 11.3 Å². The molecule has 1 amide bonds. The predicted octanol–water partition coefficient (Wildman–Crippen LogP) is 3.70. The van der Waals surface area contributed by atoms with Crippen molar-refractivity contribution < 1.29 is 9.21 Å². The lowest BCUT2D eigenvalue weighted by Crippen LogP contribution is -2.07. The molecule has 0 bridgehead atoms. The number of imidazole rings is 1. The predicted molar refractivity (Wildman–Crippen MR) is 92.7 cm³/mol. The third-order valence-electron chi connectivity index (χ3n) is 3.29. The van der Waals surface area contributed by atoms with Crippen LogP contribution in [0.3, 0.4) is 0 Å². The molecule has 0 spiro atoms. The Hall–Kier alpha value is -3.19. The van der Waals surface area contributed by atoms with Gasteiger partial charge < -0.3 is 4.42 Å². The summed E-state index contributed by atoms with van der Waals surface area (Å²) in [5.41, 5.74) is 1.88. The Morgan fingerprint density at radius 2 is 2.08 bits per heavy atom. The van der Waals surface area contributed by atoms with E-state index in [1.54, 1.807) is 29.0 Å². The number of anilines is 1. The van der Waals surface area contributed by atoms with E-state index in [-0.39, 0.29) is 5.91 Å². The number of aromatic nitrogens is 3. The van der Waals surface area contributed by atoms with Gasteiger partial charge in [0.15, 0.2) is 0 Å². The van der Waals surface area contributed by atoms with E-state index in [2.05, 4.69) is 15.4 Å². The zero-order valence-electron chi connectivity index (χ0n) is 12.4. The van der Waals surface area contributed by atoms with Gasteiger partial charge in [-0.3, -0.25) is 10.1 Å². The van der Waals surface area contributed by atoms with Crippen molar-refractivity contribution in [1.29, 1.82) is 0 Å². The highest BCUT2D eigenvalue weighted by atomic mass is 32.1. The number of hydrogen-bond donors (Lipinski definition) is 1. The van der Waals surface area contributed by atoms with Crippen molar-refractivity contribution in [3.63, 3.8) is 0 Å². The molecular weight excluding hydrogens is 324 g/mol. The molecule has 1 aromatic carbocycles. The molecule has 24 heavy (non-hydrogen) atoms. The van der Waals surface area contributed by atoms with E-state index in [0.717, 1.165) is 16.2 Å². The summed E-state index contributed by atoms with van der Waals surface area (Å²) in [5, 5.41) is 7.54. The summed E-state index contributed by atoms with van der Waals surface area (Å²) >= 11 is 1.32. The first-order chi connectivity index (χ1) is 11.8. The first-order valence-corrected chi connectivity index (χ1v) is 8.04. The number of furan rings is 1. The molecule has 0 atom stereocenters. The molecule has 0 aliphatic rings. The summed E-state index contributed by atoms with van der Waals surface area (Å²) in [7, 11) is 0. The molecule has 7 heteroatoms. The molecule has 3 aromatic heterocycles. The van der Waals surface area contributed by atoms with Gasteiger partial charge >= 0.3 is 0 Å². The zero-order valence-corrected chi connectivity index (χ0v) is 13.2. The largest absolute Gasteiger partial charge is 0.465 e. The molecular formula is C17H12N4O2S. The Bertz CT molecular complexity index is 969. The van der Waals surface area contributed by atoms with Gasteiger partial charge in [0.25, 0.3) is 0 Å². The molecule has 0 aliphatic carbocycles. The summed E-state index contributed by atoms with van der Waals surface area (Å²) < 4.78 is 6.80. The van der Waals surface area contributed by atoms with Crippen LogP contribution < -0.4 is 5.32 Å². The van der Waals surface area contributed by atoms with Crippen molar-refractivity contribution in [2.75, 3.05) is 5.32 Å². The second-order valence-electron chi connectivity index (χ2n) is 4.96. The Balaban J connectivity index is 1.49. The first kappa shape index (κ1) is 14.4. The van der Waals surface area contributed by atoms with Gasteiger partial charge in [-0.1, -0.05) is 41.7 Å². The van der Waals surface area contributed by atoms with Crippen molar-refractivity contribution in [1.82, 2.24) is 14.6 Å². The molecule has 0 saturated heterocycles. The molecule has 1 N–H and O–H groups in total. The van der Waals surface area contributed by atoms with Crippen LogP contribution in [-0.2, 0) is 4.79 Å². The fraction of sp³-hybridized carbons (Fsp3) is 0. The van der Waals surface area contributed by atoms with Gasteiger partial charge in [-0.15, -0.1) is 5.10 Å². The number of hydrogen-bond acceptors (Lipinski definition) is 5. The van der Waals surface area contributed by atoms with Gasteiger partial charge in [-0.25, -0.2) is 9.50 Å². The second-order valence-corrected chi connectivity index (χ2v) is 5.92. The third-order valence-corrected chi connectivity index (χ3v) is 4.12. The van der Waals surface area contributed by atoms with Gasteiger partial charge in [0.1, 0.15) is 5.76 Å². The van der Waals surface area contributed by atoms with E-state index >= 15 is 0 Å². The lowest BCUT2D eigenvalue weighted by molar-refractivity contribution is -0.111. The fourth-order valence-corrected chi connectivity index (χ4v) is 2.97. The van der Waals surface area contributed by atoms with Gasteiger partial charge in [-0.2, -0.15) is 0 Å². The number of nitrogens with zero attached hydrogens (tertiary/aromatic N) is 3. The summed E-state index contributed by atoms with van der Waals surface area (Å²) in [6, 6.07) is 13.4. The quantitative estimate of drug-likeness (QED) is 0.577. The Morgan fingerprint density at radius 3 is 2.83 bits per heavy atom. The van der Waals surface area contributed by atoms with E-state index < -0.39 is 0 Å². The van der Waals surface area contributed by atoms with Crippen molar-refractivity contribution in [2.45, 2.75) is 0 Å². The molecule has 118 valence electrons. The minimum atomic E-state index is -0.272. The lowest BCUT2D eigenvalue weighted by atomic mass is 10.2. The maximum absolute atomic E-state index is 11.9. The van der Waals surface area contributed by atoms with Crippen LogP contribution in [0.1, 0.15) is 5.76 Å². The fourth-order valence-electron chi connectivity index (χ4n) is 2.19. The molecule has 0 aliphatic heterocycles. The number of amides is 1. The Labute approximate surface area is 141 Å². The Kier molecular flexibility index (Phi) is 3.68. The summed E-state index contributed by atoms with van der Waals surface area (Å²) in [4.78, 5) is 17.1. The van der Waals surface area contributed by atoms with Crippen molar-refractivity contribution in [3.8, 4) is 11.3 Å². The van der Waals surface area contributed by atoms with Crippen LogP contribution in [0.4, 0.5) is 5.13 Å². The number of benzene rings is 1.